The Labute approximate surface area is 108 Å². The number of pyridine rings is 1. The maximum Gasteiger partial charge on any atom is 0.252 e. The number of hydrogen-bond donors (Lipinski definition) is 2. The lowest BCUT2D eigenvalue weighted by Crippen LogP contribution is -2.31. The number of nitrogens with zero attached hydrogens (tertiary/aromatic N) is 2. The Morgan fingerprint density at radius 1 is 1.50 bits per heavy atom. The minimum absolute atomic E-state index is 0.105. The van der Waals surface area contributed by atoms with E-state index in [1.807, 2.05) is 19.0 Å². The van der Waals surface area contributed by atoms with Crippen LogP contribution in [0.1, 0.15) is 10.4 Å². The molecule has 1 aromatic rings. The van der Waals surface area contributed by atoms with Crippen molar-refractivity contribution in [2.24, 2.45) is 0 Å². The largest absolute Gasteiger partial charge is 0.380 e. The van der Waals surface area contributed by atoms with Crippen LogP contribution >= 0.6 is 0 Å². The molecule has 0 aliphatic heterocycles. The number of carbonyl (C=O) groups is 1. The lowest BCUT2D eigenvalue weighted by Gasteiger charge is -2.10. The molecule has 0 saturated carbocycles. The lowest BCUT2D eigenvalue weighted by molar-refractivity contribution is 0.0950. The average molecular weight is 248 g/mol. The maximum atomic E-state index is 11.8. The highest BCUT2D eigenvalue weighted by Gasteiger charge is 2.06. The van der Waals surface area contributed by atoms with Crippen LogP contribution in [0.4, 0.5) is 5.69 Å². The molecular weight excluding hydrogens is 228 g/mol. The van der Waals surface area contributed by atoms with Crippen LogP contribution < -0.4 is 10.6 Å². The van der Waals surface area contributed by atoms with Crippen LogP contribution in [-0.4, -0.2) is 49.5 Å². The number of hydrogen-bond acceptors (Lipinski definition) is 4. The number of amides is 1. The Bertz CT molecular complexity index is 404. The van der Waals surface area contributed by atoms with E-state index in [2.05, 4.69) is 22.2 Å². The van der Waals surface area contributed by atoms with Crippen LogP contribution in [0.2, 0.25) is 0 Å². The fourth-order valence-electron chi connectivity index (χ4n) is 1.35. The molecule has 0 saturated heterocycles. The number of anilines is 1. The third-order valence-corrected chi connectivity index (χ3v) is 2.30. The van der Waals surface area contributed by atoms with Gasteiger partial charge in [0.15, 0.2) is 0 Å². The molecule has 1 amide bonds. The van der Waals surface area contributed by atoms with Crippen molar-refractivity contribution in [2.45, 2.75) is 0 Å². The molecule has 1 aromatic heterocycles. The van der Waals surface area contributed by atoms with Gasteiger partial charge in [0.1, 0.15) is 0 Å². The molecule has 5 nitrogen and oxygen atoms in total. The van der Waals surface area contributed by atoms with Crippen molar-refractivity contribution >= 4 is 11.6 Å². The Kier molecular flexibility index (Phi) is 5.87. The quantitative estimate of drug-likeness (QED) is 0.706. The summed E-state index contributed by atoms with van der Waals surface area (Å²) in [5.41, 5.74) is 1.37. The Morgan fingerprint density at radius 2 is 2.28 bits per heavy atom. The standard InChI is InChI=1S/C13H20N4O/c1-4-5-15-12-8-11(9-14-10-12)13(18)16-6-7-17(2)3/h4,8-10,15H,1,5-7H2,2-3H3,(H,16,18). The van der Waals surface area contributed by atoms with E-state index in [0.29, 0.717) is 18.7 Å². The molecule has 2 N–H and O–H groups in total. The highest BCUT2D eigenvalue weighted by atomic mass is 16.1. The van der Waals surface area contributed by atoms with E-state index in [-0.39, 0.29) is 5.91 Å². The third-order valence-electron chi connectivity index (χ3n) is 2.30. The van der Waals surface area contributed by atoms with Crippen molar-refractivity contribution in [3.63, 3.8) is 0 Å². The van der Waals surface area contributed by atoms with Gasteiger partial charge in [0.2, 0.25) is 0 Å². The van der Waals surface area contributed by atoms with Crippen LogP contribution in [0.15, 0.2) is 31.1 Å². The Balaban J connectivity index is 2.54. The molecule has 0 atom stereocenters. The van der Waals surface area contributed by atoms with Gasteiger partial charge in [-0.15, -0.1) is 6.58 Å². The molecule has 0 aliphatic rings. The lowest BCUT2D eigenvalue weighted by atomic mass is 10.2. The highest BCUT2D eigenvalue weighted by Crippen LogP contribution is 2.07. The van der Waals surface area contributed by atoms with Gasteiger partial charge in [-0.05, 0) is 20.2 Å². The summed E-state index contributed by atoms with van der Waals surface area (Å²) in [6.07, 6.45) is 4.99. The molecule has 18 heavy (non-hydrogen) atoms. The van der Waals surface area contributed by atoms with E-state index in [0.717, 1.165) is 12.2 Å². The second kappa shape index (κ2) is 7.45. The summed E-state index contributed by atoms with van der Waals surface area (Å²) < 4.78 is 0. The van der Waals surface area contributed by atoms with E-state index in [1.54, 1.807) is 24.5 Å². The van der Waals surface area contributed by atoms with Gasteiger partial charge in [0.25, 0.3) is 5.91 Å². The smallest absolute Gasteiger partial charge is 0.252 e. The first-order valence-corrected chi connectivity index (χ1v) is 5.86. The second-order valence-electron chi connectivity index (χ2n) is 4.19. The highest BCUT2D eigenvalue weighted by molar-refractivity contribution is 5.94. The van der Waals surface area contributed by atoms with E-state index < -0.39 is 0 Å². The third kappa shape index (κ3) is 4.97. The van der Waals surface area contributed by atoms with Crippen LogP contribution in [0.5, 0.6) is 0 Å². The Morgan fingerprint density at radius 3 is 2.94 bits per heavy atom. The summed E-state index contributed by atoms with van der Waals surface area (Å²) >= 11 is 0. The van der Waals surface area contributed by atoms with Crippen molar-refractivity contribution in [1.29, 1.82) is 0 Å². The number of aromatic nitrogens is 1. The summed E-state index contributed by atoms with van der Waals surface area (Å²) in [4.78, 5) is 17.9. The van der Waals surface area contributed by atoms with Crippen LogP contribution in [0, 0.1) is 0 Å². The van der Waals surface area contributed by atoms with Gasteiger partial charge in [-0.2, -0.15) is 0 Å². The first-order chi connectivity index (χ1) is 8.63. The van der Waals surface area contributed by atoms with Crippen molar-refractivity contribution in [3.8, 4) is 0 Å². The van der Waals surface area contributed by atoms with Gasteiger partial charge in [0.05, 0.1) is 11.3 Å². The van der Waals surface area contributed by atoms with Gasteiger partial charge in [-0.1, -0.05) is 6.08 Å². The van der Waals surface area contributed by atoms with Gasteiger partial charge in [-0.25, -0.2) is 0 Å². The van der Waals surface area contributed by atoms with E-state index in [9.17, 15) is 4.79 Å². The van der Waals surface area contributed by atoms with Gasteiger partial charge < -0.3 is 15.5 Å². The number of nitrogens with one attached hydrogen (secondary N) is 2. The van der Waals surface area contributed by atoms with Crippen molar-refractivity contribution in [1.82, 2.24) is 15.2 Å². The van der Waals surface area contributed by atoms with Crippen LogP contribution in [0.3, 0.4) is 0 Å². The summed E-state index contributed by atoms with van der Waals surface area (Å²) in [6.45, 7) is 5.70. The van der Waals surface area contributed by atoms with E-state index in [4.69, 9.17) is 0 Å². The summed E-state index contributed by atoms with van der Waals surface area (Å²) in [5.74, 6) is -0.105. The molecule has 1 heterocycles. The molecular formula is C13H20N4O. The van der Waals surface area contributed by atoms with Gasteiger partial charge in [-0.3, -0.25) is 9.78 Å². The molecule has 1 rings (SSSR count). The molecule has 98 valence electrons. The molecule has 0 radical (unpaired) electrons. The molecule has 0 aliphatic carbocycles. The van der Waals surface area contributed by atoms with Crippen LogP contribution in [-0.2, 0) is 0 Å². The SMILES string of the molecule is C=CCNc1cncc(C(=O)NCCN(C)C)c1. The maximum absolute atomic E-state index is 11.8. The molecule has 5 heteroatoms. The molecule has 0 aromatic carbocycles. The van der Waals surface area contributed by atoms with Gasteiger partial charge >= 0.3 is 0 Å². The zero-order chi connectivity index (χ0) is 13.4. The minimum atomic E-state index is -0.105. The van der Waals surface area contributed by atoms with Crippen LogP contribution in [0.25, 0.3) is 0 Å². The zero-order valence-electron chi connectivity index (χ0n) is 10.9. The first-order valence-electron chi connectivity index (χ1n) is 5.86. The fraction of sp³-hybridized carbons (Fsp3) is 0.385. The Hall–Kier alpha value is -1.88. The predicted octanol–water partition coefficient (Wildman–Crippen LogP) is 0.971. The fourth-order valence-corrected chi connectivity index (χ4v) is 1.35. The topological polar surface area (TPSA) is 57.3 Å². The zero-order valence-corrected chi connectivity index (χ0v) is 10.9. The monoisotopic (exact) mass is 248 g/mol. The second-order valence-corrected chi connectivity index (χ2v) is 4.19. The minimum Gasteiger partial charge on any atom is -0.380 e. The predicted molar refractivity (Wildman–Crippen MR) is 73.8 cm³/mol. The van der Waals surface area contributed by atoms with Crippen molar-refractivity contribution < 1.29 is 4.79 Å². The first kappa shape index (κ1) is 14.2. The molecule has 0 unspecified atom stereocenters. The summed E-state index contributed by atoms with van der Waals surface area (Å²) in [6, 6.07) is 1.78. The number of rotatable bonds is 7. The van der Waals surface area contributed by atoms with E-state index >= 15 is 0 Å². The number of carbonyl (C=O) groups excluding carboxylic acids is 1. The summed E-state index contributed by atoms with van der Waals surface area (Å²) in [7, 11) is 3.93. The number of likely N-dealkylation sites (N-methyl/N-ethyl adjacent to an activating group) is 1. The average Bonchev–Trinajstić information content (AvgIpc) is 2.36. The molecule has 0 spiro atoms. The van der Waals surface area contributed by atoms with Crippen molar-refractivity contribution in [3.05, 3.63) is 36.7 Å². The molecule has 0 bridgehead atoms. The van der Waals surface area contributed by atoms with Crippen molar-refractivity contribution in [2.75, 3.05) is 39.0 Å². The summed E-state index contributed by atoms with van der Waals surface area (Å²) in [5, 5.41) is 5.94. The normalized spacial score (nSPS) is 10.2. The molecule has 0 fully saturated rings. The van der Waals surface area contributed by atoms with E-state index in [1.165, 1.54) is 0 Å². The van der Waals surface area contributed by atoms with Gasteiger partial charge in [0, 0.05) is 32.0 Å².